The molecule has 0 bridgehead atoms. The first-order valence-electron chi connectivity index (χ1n) is 9.84. The number of hydrogen-bond donors (Lipinski definition) is 0. The van der Waals surface area contributed by atoms with Crippen LogP contribution in [0.25, 0.3) is 10.9 Å². The van der Waals surface area contributed by atoms with Crippen molar-refractivity contribution in [2.45, 2.75) is 23.3 Å². The molecule has 4 aromatic rings. The van der Waals surface area contributed by atoms with Crippen LogP contribution < -0.4 is 10.2 Å². The Morgan fingerprint density at radius 1 is 1.03 bits per heavy atom. The molecule has 0 atom stereocenters. The lowest BCUT2D eigenvalue weighted by Gasteiger charge is -2.15. The standard InChI is InChI=1S/C24H19ClFNO4S/c1-2-31-19-7-9-20(10-8-19)32(29,30)23-15-27(14-16-4-3-5-17(25)12-16)22-11-6-18(26)13-21(22)24(23)28/h3-13,15H,2,14H2,1H3. The van der Waals surface area contributed by atoms with Crippen LogP contribution in [0.5, 0.6) is 5.75 Å². The summed E-state index contributed by atoms with van der Waals surface area (Å²) >= 11 is 6.08. The van der Waals surface area contributed by atoms with E-state index in [-0.39, 0.29) is 16.8 Å². The predicted octanol–water partition coefficient (Wildman–Crippen LogP) is 5.07. The number of halogens is 2. The van der Waals surface area contributed by atoms with Crippen molar-refractivity contribution in [1.82, 2.24) is 4.57 Å². The molecule has 0 N–H and O–H groups in total. The van der Waals surface area contributed by atoms with Crippen LogP contribution in [0.15, 0.2) is 87.5 Å². The van der Waals surface area contributed by atoms with Crippen molar-refractivity contribution in [3.8, 4) is 5.75 Å². The highest BCUT2D eigenvalue weighted by Crippen LogP contribution is 2.24. The first-order valence-corrected chi connectivity index (χ1v) is 11.7. The van der Waals surface area contributed by atoms with Crippen LogP contribution in [0.4, 0.5) is 4.39 Å². The van der Waals surface area contributed by atoms with E-state index in [4.69, 9.17) is 16.3 Å². The first-order chi connectivity index (χ1) is 15.3. The second kappa shape index (κ2) is 8.76. The molecule has 0 saturated carbocycles. The van der Waals surface area contributed by atoms with E-state index in [1.807, 2.05) is 13.0 Å². The minimum atomic E-state index is -4.17. The van der Waals surface area contributed by atoms with Crippen molar-refractivity contribution < 1.29 is 17.5 Å². The lowest BCUT2D eigenvalue weighted by atomic mass is 10.1. The third-order valence-corrected chi connectivity index (χ3v) is 6.98. The topological polar surface area (TPSA) is 65.4 Å². The molecular formula is C24H19ClFNO4S. The Balaban J connectivity index is 1.90. The summed E-state index contributed by atoms with van der Waals surface area (Å²) < 4.78 is 47.6. The van der Waals surface area contributed by atoms with Gasteiger partial charge >= 0.3 is 0 Å². The van der Waals surface area contributed by atoms with E-state index in [2.05, 4.69) is 0 Å². The maximum Gasteiger partial charge on any atom is 0.211 e. The van der Waals surface area contributed by atoms with E-state index in [1.165, 1.54) is 42.6 Å². The highest BCUT2D eigenvalue weighted by molar-refractivity contribution is 7.91. The highest BCUT2D eigenvalue weighted by atomic mass is 35.5. The van der Waals surface area contributed by atoms with Gasteiger partial charge in [-0.1, -0.05) is 23.7 Å². The fourth-order valence-corrected chi connectivity index (χ4v) is 5.09. The molecule has 1 aromatic heterocycles. The maximum absolute atomic E-state index is 14.0. The number of hydrogen-bond acceptors (Lipinski definition) is 4. The van der Waals surface area contributed by atoms with E-state index in [0.717, 1.165) is 11.6 Å². The summed E-state index contributed by atoms with van der Waals surface area (Å²) in [5, 5.41) is 0.514. The second-order valence-corrected chi connectivity index (χ2v) is 9.50. The third kappa shape index (κ3) is 4.26. The van der Waals surface area contributed by atoms with Gasteiger partial charge in [0, 0.05) is 23.2 Å². The Kier molecular flexibility index (Phi) is 6.04. The zero-order chi connectivity index (χ0) is 22.9. The van der Waals surface area contributed by atoms with Crippen molar-refractivity contribution in [2.24, 2.45) is 0 Å². The Morgan fingerprint density at radius 3 is 2.47 bits per heavy atom. The van der Waals surface area contributed by atoms with Crippen molar-refractivity contribution in [3.63, 3.8) is 0 Å². The normalized spacial score (nSPS) is 11.6. The van der Waals surface area contributed by atoms with Crippen LogP contribution in [0.3, 0.4) is 0 Å². The minimum absolute atomic E-state index is 0.0148. The monoisotopic (exact) mass is 471 g/mol. The molecule has 0 aliphatic rings. The largest absolute Gasteiger partial charge is 0.494 e. The molecule has 32 heavy (non-hydrogen) atoms. The predicted molar refractivity (Wildman–Crippen MR) is 122 cm³/mol. The van der Waals surface area contributed by atoms with Crippen molar-refractivity contribution in [2.75, 3.05) is 6.61 Å². The van der Waals surface area contributed by atoms with Gasteiger partial charge in [-0.3, -0.25) is 4.79 Å². The first kappa shape index (κ1) is 22.0. The Bertz CT molecular complexity index is 1460. The van der Waals surface area contributed by atoms with Crippen LogP contribution in [-0.4, -0.2) is 19.6 Å². The van der Waals surface area contributed by atoms with E-state index in [1.54, 1.807) is 22.8 Å². The molecule has 1 heterocycles. The zero-order valence-corrected chi connectivity index (χ0v) is 18.7. The number of sulfone groups is 1. The average molecular weight is 472 g/mol. The second-order valence-electron chi connectivity index (χ2n) is 7.15. The molecule has 0 aliphatic carbocycles. The van der Waals surface area contributed by atoms with Gasteiger partial charge in [0.15, 0.2) is 0 Å². The summed E-state index contributed by atoms with van der Waals surface area (Å²) in [6.07, 6.45) is 1.30. The van der Waals surface area contributed by atoms with Gasteiger partial charge in [0.2, 0.25) is 15.3 Å². The number of fused-ring (bicyclic) bond motifs is 1. The van der Waals surface area contributed by atoms with Crippen molar-refractivity contribution in [3.05, 3.63) is 99.6 Å². The highest BCUT2D eigenvalue weighted by Gasteiger charge is 2.24. The smallest absolute Gasteiger partial charge is 0.211 e. The van der Waals surface area contributed by atoms with Gasteiger partial charge in [0.25, 0.3) is 0 Å². The van der Waals surface area contributed by atoms with Crippen LogP contribution >= 0.6 is 11.6 Å². The molecule has 0 unspecified atom stereocenters. The molecule has 164 valence electrons. The Morgan fingerprint density at radius 2 is 1.78 bits per heavy atom. The molecule has 0 radical (unpaired) electrons. The third-order valence-electron chi connectivity index (χ3n) is 4.99. The molecular weight excluding hydrogens is 453 g/mol. The van der Waals surface area contributed by atoms with Crippen LogP contribution in [0.1, 0.15) is 12.5 Å². The Hall–Kier alpha value is -3.16. The lowest BCUT2D eigenvalue weighted by molar-refractivity contribution is 0.340. The summed E-state index contributed by atoms with van der Waals surface area (Å²) in [7, 11) is -4.17. The van der Waals surface area contributed by atoms with Crippen LogP contribution in [-0.2, 0) is 16.4 Å². The molecule has 3 aromatic carbocycles. The average Bonchev–Trinajstić information content (AvgIpc) is 2.76. The number of ether oxygens (including phenoxy) is 1. The van der Waals surface area contributed by atoms with E-state index < -0.39 is 26.0 Å². The molecule has 8 heteroatoms. The summed E-state index contributed by atoms with van der Waals surface area (Å²) in [4.78, 5) is 12.6. The molecule has 0 aliphatic heterocycles. The van der Waals surface area contributed by atoms with Gasteiger partial charge in [-0.05, 0) is 67.1 Å². The molecule has 4 rings (SSSR count). The molecule has 0 saturated heterocycles. The number of benzene rings is 3. The number of rotatable bonds is 6. The van der Waals surface area contributed by atoms with E-state index in [9.17, 15) is 17.6 Å². The molecule has 0 spiro atoms. The Labute approximate surface area is 189 Å². The lowest BCUT2D eigenvalue weighted by Crippen LogP contribution is -2.20. The summed E-state index contributed by atoms with van der Waals surface area (Å²) in [5.74, 6) is -0.107. The summed E-state index contributed by atoms with van der Waals surface area (Å²) in [6, 6.07) is 16.7. The van der Waals surface area contributed by atoms with Gasteiger partial charge in [-0.2, -0.15) is 0 Å². The summed E-state index contributed by atoms with van der Waals surface area (Å²) in [6.45, 7) is 2.51. The summed E-state index contributed by atoms with van der Waals surface area (Å²) in [5.41, 5.74) is 0.467. The van der Waals surface area contributed by atoms with Gasteiger partial charge in [-0.15, -0.1) is 0 Å². The molecule has 0 amide bonds. The van der Waals surface area contributed by atoms with Crippen LogP contribution in [0, 0.1) is 5.82 Å². The molecule has 5 nitrogen and oxygen atoms in total. The van der Waals surface area contributed by atoms with Gasteiger partial charge in [0.1, 0.15) is 16.5 Å². The van der Waals surface area contributed by atoms with E-state index >= 15 is 0 Å². The fourth-order valence-electron chi connectivity index (χ4n) is 3.51. The van der Waals surface area contributed by atoms with Gasteiger partial charge < -0.3 is 9.30 Å². The SMILES string of the molecule is CCOc1ccc(S(=O)(=O)c2cn(Cc3cccc(Cl)c3)c3ccc(F)cc3c2=O)cc1. The van der Waals surface area contributed by atoms with Crippen LogP contribution in [0.2, 0.25) is 5.02 Å². The van der Waals surface area contributed by atoms with Gasteiger partial charge in [0.05, 0.1) is 17.0 Å². The van der Waals surface area contributed by atoms with Gasteiger partial charge in [-0.25, -0.2) is 12.8 Å². The zero-order valence-electron chi connectivity index (χ0n) is 17.1. The fraction of sp³-hybridized carbons (Fsp3) is 0.125. The number of nitrogens with zero attached hydrogens (tertiary/aromatic N) is 1. The van der Waals surface area contributed by atoms with Crippen molar-refractivity contribution in [1.29, 1.82) is 0 Å². The van der Waals surface area contributed by atoms with Crippen molar-refractivity contribution >= 4 is 32.3 Å². The minimum Gasteiger partial charge on any atom is -0.494 e. The number of aromatic nitrogens is 1. The number of pyridine rings is 1. The quantitative estimate of drug-likeness (QED) is 0.393. The molecule has 0 fully saturated rings. The van der Waals surface area contributed by atoms with E-state index in [0.29, 0.717) is 22.9 Å². The maximum atomic E-state index is 14.0.